The smallest absolute Gasteiger partial charge is 0.287 e. The highest BCUT2D eigenvalue weighted by molar-refractivity contribution is 5.98. The Balaban J connectivity index is 1.51. The van der Waals surface area contributed by atoms with Crippen LogP contribution in [0.25, 0.3) is 22.3 Å². The van der Waals surface area contributed by atoms with Gasteiger partial charge in [0.1, 0.15) is 0 Å². The minimum Gasteiger partial charge on any atom is -0.459 e. The molecule has 0 saturated heterocycles. The van der Waals surface area contributed by atoms with Crippen LogP contribution in [0.1, 0.15) is 21.7 Å². The van der Waals surface area contributed by atoms with E-state index in [-0.39, 0.29) is 5.91 Å². The molecular formula is C27H26N2O2. The number of carbonyl (C=O) groups is 1. The minimum absolute atomic E-state index is 0.222. The quantitative estimate of drug-likeness (QED) is 0.431. The van der Waals surface area contributed by atoms with E-state index >= 15 is 0 Å². The van der Waals surface area contributed by atoms with E-state index in [2.05, 4.69) is 54.6 Å². The molecule has 0 bridgehead atoms. The number of carbonyl (C=O) groups excluding carboxylic acids is 1. The maximum atomic E-state index is 12.9. The lowest BCUT2D eigenvalue weighted by Crippen LogP contribution is -2.23. The molecule has 3 aromatic carbocycles. The molecule has 1 N–H and O–H groups in total. The zero-order valence-corrected chi connectivity index (χ0v) is 17.8. The first-order valence-electron chi connectivity index (χ1n) is 10.3. The summed E-state index contributed by atoms with van der Waals surface area (Å²) in [6.07, 6.45) is 1.56. The molecule has 0 spiro atoms. The van der Waals surface area contributed by atoms with Crippen LogP contribution in [-0.4, -0.2) is 24.9 Å². The molecule has 1 heterocycles. The second kappa shape index (κ2) is 9.45. The zero-order chi connectivity index (χ0) is 21.6. The summed E-state index contributed by atoms with van der Waals surface area (Å²) in [5.41, 5.74) is 6.33. The van der Waals surface area contributed by atoms with Gasteiger partial charge in [-0.3, -0.25) is 4.79 Å². The Morgan fingerprint density at radius 3 is 2.23 bits per heavy atom. The minimum atomic E-state index is -0.222. The monoisotopic (exact) mass is 410 g/mol. The van der Waals surface area contributed by atoms with Crippen molar-refractivity contribution in [1.29, 1.82) is 0 Å². The van der Waals surface area contributed by atoms with Gasteiger partial charge >= 0.3 is 0 Å². The summed E-state index contributed by atoms with van der Waals surface area (Å²) >= 11 is 0. The van der Waals surface area contributed by atoms with Crippen molar-refractivity contribution in [3.63, 3.8) is 0 Å². The van der Waals surface area contributed by atoms with Gasteiger partial charge in [-0.05, 0) is 48.0 Å². The molecule has 1 aromatic heterocycles. The van der Waals surface area contributed by atoms with Crippen molar-refractivity contribution < 1.29 is 9.21 Å². The molecule has 0 saturated carbocycles. The zero-order valence-electron chi connectivity index (χ0n) is 17.8. The standard InChI is InChI=1S/C27H26N2O2/c1-29(2)19-20-12-14-22(15-13-20)24-11-7-6-10-23(24)18-28-27(30)26-25(16-17-31-26)21-8-4-3-5-9-21/h3-17H,18-19H2,1-2H3,(H,28,30). The average Bonchev–Trinajstić information content (AvgIpc) is 3.29. The van der Waals surface area contributed by atoms with Crippen molar-refractivity contribution in [1.82, 2.24) is 10.2 Å². The van der Waals surface area contributed by atoms with Gasteiger partial charge in [0.2, 0.25) is 0 Å². The molecule has 4 heteroatoms. The molecule has 4 aromatic rings. The Kier molecular flexibility index (Phi) is 6.29. The maximum Gasteiger partial charge on any atom is 0.287 e. The number of furan rings is 1. The normalized spacial score (nSPS) is 10.9. The highest BCUT2D eigenvalue weighted by atomic mass is 16.3. The van der Waals surface area contributed by atoms with E-state index in [1.807, 2.05) is 54.6 Å². The highest BCUT2D eigenvalue weighted by Crippen LogP contribution is 2.26. The van der Waals surface area contributed by atoms with Gasteiger partial charge in [0.05, 0.1) is 6.26 Å². The summed E-state index contributed by atoms with van der Waals surface area (Å²) in [5, 5.41) is 3.02. The van der Waals surface area contributed by atoms with E-state index in [9.17, 15) is 4.79 Å². The number of nitrogens with one attached hydrogen (secondary N) is 1. The van der Waals surface area contributed by atoms with Gasteiger partial charge in [0, 0.05) is 18.7 Å². The van der Waals surface area contributed by atoms with Crippen LogP contribution >= 0.6 is 0 Å². The molecule has 4 rings (SSSR count). The first-order chi connectivity index (χ1) is 15.1. The Morgan fingerprint density at radius 2 is 1.48 bits per heavy atom. The van der Waals surface area contributed by atoms with Gasteiger partial charge in [-0.15, -0.1) is 0 Å². The van der Waals surface area contributed by atoms with Crippen molar-refractivity contribution >= 4 is 5.91 Å². The molecule has 0 aliphatic rings. The molecule has 0 aliphatic carbocycles. The summed E-state index contributed by atoms with van der Waals surface area (Å²) in [5.74, 6) is 0.108. The van der Waals surface area contributed by atoms with Crippen molar-refractivity contribution in [3.8, 4) is 22.3 Å². The third kappa shape index (κ3) is 4.93. The van der Waals surface area contributed by atoms with Gasteiger partial charge in [-0.2, -0.15) is 0 Å². The van der Waals surface area contributed by atoms with Crippen molar-refractivity contribution in [3.05, 3.63) is 108 Å². The van der Waals surface area contributed by atoms with Crippen LogP contribution < -0.4 is 5.32 Å². The molecule has 0 fully saturated rings. The van der Waals surface area contributed by atoms with Gasteiger partial charge in [-0.1, -0.05) is 78.9 Å². The fraction of sp³-hybridized carbons (Fsp3) is 0.148. The summed E-state index contributed by atoms with van der Waals surface area (Å²) in [6.45, 7) is 1.33. The number of hydrogen-bond donors (Lipinski definition) is 1. The number of nitrogens with zero attached hydrogens (tertiary/aromatic N) is 1. The first kappa shape index (κ1) is 20.6. The number of hydrogen-bond acceptors (Lipinski definition) is 3. The lowest BCUT2D eigenvalue weighted by molar-refractivity contribution is 0.0924. The van der Waals surface area contributed by atoms with Crippen LogP contribution in [0.4, 0.5) is 0 Å². The van der Waals surface area contributed by atoms with Crippen molar-refractivity contribution in [2.45, 2.75) is 13.1 Å². The van der Waals surface area contributed by atoms with Crippen LogP contribution in [0.5, 0.6) is 0 Å². The largest absolute Gasteiger partial charge is 0.459 e. The molecule has 31 heavy (non-hydrogen) atoms. The molecule has 156 valence electrons. The third-order valence-corrected chi connectivity index (χ3v) is 5.18. The highest BCUT2D eigenvalue weighted by Gasteiger charge is 2.17. The predicted molar refractivity (Wildman–Crippen MR) is 125 cm³/mol. The second-order valence-corrected chi connectivity index (χ2v) is 7.80. The summed E-state index contributed by atoms with van der Waals surface area (Å²) in [4.78, 5) is 15.0. The van der Waals surface area contributed by atoms with Crippen LogP contribution in [0, 0.1) is 0 Å². The molecule has 0 radical (unpaired) electrons. The van der Waals surface area contributed by atoms with Gasteiger partial charge in [0.25, 0.3) is 5.91 Å². The predicted octanol–water partition coefficient (Wildman–Crippen LogP) is 5.61. The van der Waals surface area contributed by atoms with Gasteiger partial charge in [-0.25, -0.2) is 0 Å². The van der Waals surface area contributed by atoms with E-state index in [1.54, 1.807) is 6.26 Å². The maximum absolute atomic E-state index is 12.9. The van der Waals surface area contributed by atoms with Gasteiger partial charge in [0.15, 0.2) is 5.76 Å². The first-order valence-corrected chi connectivity index (χ1v) is 10.3. The lowest BCUT2D eigenvalue weighted by atomic mass is 9.98. The van der Waals surface area contributed by atoms with Crippen LogP contribution in [-0.2, 0) is 13.1 Å². The van der Waals surface area contributed by atoms with Crippen LogP contribution in [0.2, 0.25) is 0 Å². The topological polar surface area (TPSA) is 45.5 Å². The fourth-order valence-corrected chi connectivity index (χ4v) is 3.70. The van der Waals surface area contributed by atoms with E-state index < -0.39 is 0 Å². The lowest BCUT2D eigenvalue weighted by Gasteiger charge is -2.13. The van der Waals surface area contributed by atoms with Gasteiger partial charge < -0.3 is 14.6 Å². The van der Waals surface area contributed by atoms with E-state index in [1.165, 1.54) is 5.56 Å². The average molecular weight is 411 g/mol. The third-order valence-electron chi connectivity index (χ3n) is 5.18. The molecule has 0 unspecified atom stereocenters. The Morgan fingerprint density at radius 1 is 0.806 bits per heavy atom. The molecule has 0 atom stereocenters. The number of benzene rings is 3. The summed E-state index contributed by atoms with van der Waals surface area (Å²) in [7, 11) is 4.13. The second-order valence-electron chi connectivity index (χ2n) is 7.80. The van der Waals surface area contributed by atoms with Crippen molar-refractivity contribution in [2.24, 2.45) is 0 Å². The van der Waals surface area contributed by atoms with Crippen molar-refractivity contribution in [2.75, 3.05) is 14.1 Å². The van der Waals surface area contributed by atoms with Crippen LogP contribution in [0.3, 0.4) is 0 Å². The Hall–Kier alpha value is -3.63. The molecule has 0 aliphatic heterocycles. The van der Waals surface area contributed by atoms with Crippen LogP contribution in [0.15, 0.2) is 95.6 Å². The van der Waals surface area contributed by atoms with E-state index in [4.69, 9.17) is 4.42 Å². The fourth-order valence-electron chi connectivity index (χ4n) is 3.70. The molecule has 4 nitrogen and oxygen atoms in total. The molecule has 1 amide bonds. The Labute approximate surface area is 183 Å². The van der Waals surface area contributed by atoms with E-state index in [0.29, 0.717) is 12.3 Å². The Bertz CT molecular complexity index is 1150. The summed E-state index contributed by atoms with van der Waals surface area (Å²) in [6, 6.07) is 28.3. The molecular weight excluding hydrogens is 384 g/mol. The number of amides is 1. The van der Waals surface area contributed by atoms with E-state index in [0.717, 1.165) is 34.4 Å². The summed E-state index contributed by atoms with van der Waals surface area (Å²) < 4.78 is 5.51. The SMILES string of the molecule is CN(C)Cc1ccc(-c2ccccc2CNC(=O)c2occc2-c2ccccc2)cc1. The number of rotatable bonds is 7.